The number of hydrogen-bond acceptors (Lipinski definition) is 4. The Bertz CT molecular complexity index is 610. The summed E-state index contributed by atoms with van der Waals surface area (Å²) in [6, 6.07) is 6.99. The van der Waals surface area contributed by atoms with E-state index in [0.717, 1.165) is 23.6 Å². The van der Waals surface area contributed by atoms with Crippen molar-refractivity contribution in [1.29, 1.82) is 0 Å². The van der Waals surface area contributed by atoms with E-state index in [9.17, 15) is 0 Å². The molecule has 2 fully saturated rings. The zero-order valence-corrected chi connectivity index (χ0v) is 12.3. The Balaban J connectivity index is 1.73. The van der Waals surface area contributed by atoms with Crippen molar-refractivity contribution in [2.24, 2.45) is 5.92 Å². The number of fused-ring (bicyclic) bond motifs is 1. The van der Waals surface area contributed by atoms with E-state index in [-0.39, 0.29) is 5.37 Å². The van der Waals surface area contributed by atoms with Crippen molar-refractivity contribution in [1.82, 2.24) is 9.97 Å². The van der Waals surface area contributed by atoms with Crippen LogP contribution in [0.25, 0.3) is 11.0 Å². The van der Waals surface area contributed by atoms with Gasteiger partial charge in [0.2, 0.25) is 0 Å². The van der Waals surface area contributed by atoms with Gasteiger partial charge < -0.3 is 14.6 Å². The number of rotatable bonds is 3. The van der Waals surface area contributed by atoms with Crippen LogP contribution in [-0.2, 0) is 4.74 Å². The molecule has 1 aliphatic heterocycles. The lowest BCUT2D eigenvalue weighted by Gasteiger charge is -2.42. The van der Waals surface area contributed by atoms with E-state index in [1.165, 1.54) is 18.5 Å². The van der Waals surface area contributed by atoms with Gasteiger partial charge in [-0.15, -0.1) is 11.8 Å². The highest BCUT2D eigenvalue weighted by molar-refractivity contribution is 7.99. The van der Waals surface area contributed by atoms with Crippen LogP contribution in [0.3, 0.4) is 0 Å². The Morgan fingerprint density at radius 3 is 3.10 bits per heavy atom. The molecule has 1 aliphatic carbocycles. The number of thioether (sulfide) groups is 1. The van der Waals surface area contributed by atoms with Crippen LogP contribution in [0, 0.1) is 12.5 Å². The molecular formula is C15H18N3OS. The highest BCUT2D eigenvalue weighted by atomic mass is 32.2. The van der Waals surface area contributed by atoms with E-state index in [2.05, 4.69) is 39.3 Å². The van der Waals surface area contributed by atoms with Gasteiger partial charge in [-0.05, 0) is 43.2 Å². The largest absolute Gasteiger partial charge is 0.370 e. The second kappa shape index (κ2) is 4.97. The first-order valence-electron chi connectivity index (χ1n) is 7.06. The average Bonchev–Trinajstić information content (AvgIpc) is 3.23. The van der Waals surface area contributed by atoms with Crippen LogP contribution in [0.5, 0.6) is 0 Å². The van der Waals surface area contributed by atoms with Gasteiger partial charge in [0.25, 0.3) is 0 Å². The highest BCUT2D eigenvalue weighted by Gasteiger charge is 2.41. The third-order valence-electron chi connectivity index (χ3n) is 4.22. The summed E-state index contributed by atoms with van der Waals surface area (Å²) in [5, 5.41) is 0.283. The van der Waals surface area contributed by atoms with Gasteiger partial charge in [-0.2, -0.15) is 0 Å². The van der Waals surface area contributed by atoms with Crippen LogP contribution in [-0.4, -0.2) is 34.2 Å². The number of nitrogens with zero attached hydrogens (tertiary/aromatic N) is 2. The summed E-state index contributed by atoms with van der Waals surface area (Å²) >= 11 is 1.82. The molecular weight excluding hydrogens is 270 g/mol. The zero-order chi connectivity index (χ0) is 13.5. The molecule has 2 aromatic rings. The normalized spacial score (nSPS) is 27.1. The van der Waals surface area contributed by atoms with Crippen molar-refractivity contribution in [3.05, 3.63) is 31.1 Å². The van der Waals surface area contributed by atoms with Crippen molar-refractivity contribution in [3.8, 4) is 0 Å². The van der Waals surface area contributed by atoms with Gasteiger partial charge in [-0.25, -0.2) is 4.98 Å². The van der Waals surface area contributed by atoms with Gasteiger partial charge in [0.1, 0.15) is 12.0 Å². The Morgan fingerprint density at radius 2 is 2.30 bits per heavy atom. The average molecular weight is 288 g/mol. The minimum absolute atomic E-state index is 0.283. The minimum Gasteiger partial charge on any atom is -0.370 e. The molecule has 4 nitrogen and oxygen atoms in total. The second-order valence-corrected chi connectivity index (χ2v) is 6.47. The van der Waals surface area contributed by atoms with Gasteiger partial charge in [0.05, 0.1) is 30.0 Å². The number of aromatic amines is 1. The summed E-state index contributed by atoms with van der Waals surface area (Å²) in [6.07, 6.45) is 6.55. The predicted octanol–water partition coefficient (Wildman–Crippen LogP) is 3.03. The summed E-state index contributed by atoms with van der Waals surface area (Å²) in [5.74, 6) is 0.785. The summed E-state index contributed by atoms with van der Waals surface area (Å²) in [7, 11) is 0. The Labute approximate surface area is 122 Å². The molecule has 2 unspecified atom stereocenters. The monoisotopic (exact) mass is 288 g/mol. The highest BCUT2D eigenvalue weighted by Crippen LogP contribution is 2.42. The van der Waals surface area contributed by atoms with Crippen molar-refractivity contribution in [3.63, 3.8) is 0 Å². The first-order chi connectivity index (χ1) is 9.86. The fourth-order valence-corrected chi connectivity index (χ4v) is 3.70. The maximum Gasteiger partial charge on any atom is 0.116 e. The van der Waals surface area contributed by atoms with E-state index in [1.807, 2.05) is 18.4 Å². The Kier molecular flexibility index (Phi) is 3.11. The van der Waals surface area contributed by atoms with Crippen LogP contribution in [0.1, 0.15) is 12.8 Å². The molecule has 1 aromatic heterocycles. The summed E-state index contributed by atoms with van der Waals surface area (Å²) in [5.41, 5.74) is 3.37. The SMILES string of the molecule is CSC1[CH]OCC(C2CC2)N1c1ccc2[nH]cnc2c1. The number of imidazole rings is 1. The lowest BCUT2D eigenvalue weighted by Crippen LogP contribution is -2.50. The molecule has 1 aromatic carbocycles. The number of benzene rings is 1. The quantitative estimate of drug-likeness (QED) is 0.942. The Morgan fingerprint density at radius 1 is 1.40 bits per heavy atom. The third-order valence-corrected chi connectivity index (χ3v) is 5.04. The smallest absolute Gasteiger partial charge is 0.116 e. The van der Waals surface area contributed by atoms with Gasteiger partial charge in [-0.3, -0.25) is 0 Å². The maximum atomic E-state index is 5.70. The third kappa shape index (κ3) is 2.09. The number of H-pyrrole nitrogens is 1. The molecule has 4 rings (SSSR count). The fourth-order valence-electron chi connectivity index (χ4n) is 3.00. The topological polar surface area (TPSA) is 41.1 Å². The Hall–Kier alpha value is -1.20. The number of morpholine rings is 1. The van der Waals surface area contributed by atoms with Crippen molar-refractivity contribution >= 4 is 28.5 Å². The molecule has 105 valence electrons. The first-order valence-corrected chi connectivity index (χ1v) is 8.35. The number of aromatic nitrogens is 2. The lowest BCUT2D eigenvalue weighted by atomic mass is 10.1. The van der Waals surface area contributed by atoms with Crippen LogP contribution in [0.4, 0.5) is 5.69 Å². The fraction of sp³-hybridized carbons (Fsp3) is 0.467. The van der Waals surface area contributed by atoms with E-state index >= 15 is 0 Å². The minimum atomic E-state index is 0.283. The molecule has 1 saturated carbocycles. The van der Waals surface area contributed by atoms with Crippen molar-refractivity contribution in [2.75, 3.05) is 17.8 Å². The van der Waals surface area contributed by atoms with E-state index in [0.29, 0.717) is 6.04 Å². The van der Waals surface area contributed by atoms with Crippen molar-refractivity contribution in [2.45, 2.75) is 24.3 Å². The van der Waals surface area contributed by atoms with Crippen LogP contribution >= 0.6 is 11.8 Å². The summed E-state index contributed by atoms with van der Waals surface area (Å²) in [4.78, 5) is 10.0. The van der Waals surface area contributed by atoms with Crippen LogP contribution in [0.2, 0.25) is 0 Å². The van der Waals surface area contributed by atoms with E-state index in [4.69, 9.17) is 4.74 Å². The molecule has 5 heteroatoms. The molecule has 2 atom stereocenters. The molecule has 0 amide bonds. The second-order valence-electron chi connectivity index (χ2n) is 5.51. The number of hydrogen-bond donors (Lipinski definition) is 1. The maximum absolute atomic E-state index is 5.70. The van der Waals surface area contributed by atoms with E-state index in [1.54, 1.807) is 6.33 Å². The summed E-state index contributed by atoms with van der Waals surface area (Å²) in [6.45, 7) is 2.78. The van der Waals surface area contributed by atoms with Crippen LogP contribution in [0.15, 0.2) is 24.5 Å². The predicted molar refractivity (Wildman–Crippen MR) is 82.6 cm³/mol. The molecule has 0 spiro atoms. The first kappa shape index (κ1) is 12.5. The zero-order valence-electron chi connectivity index (χ0n) is 11.5. The molecule has 20 heavy (non-hydrogen) atoms. The molecule has 0 bridgehead atoms. The lowest BCUT2D eigenvalue weighted by molar-refractivity contribution is 0.133. The summed E-state index contributed by atoms with van der Waals surface area (Å²) < 4.78 is 5.70. The van der Waals surface area contributed by atoms with Gasteiger partial charge >= 0.3 is 0 Å². The van der Waals surface area contributed by atoms with Crippen molar-refractivity contribution < 1.29 is 4.74 Å². The van der Waals surface area contributed by atoms with Gasteiger partial charge in [0.15, 0.2) is 0 Å². The van der Waals surface area contributed by atoms with Crippen LogP contribution < -0.4 is 4.90 Å². The number of ether oxygens (including phenoxy) is 1. The van der Waals surface area contributed by atoms with Gasteiger partial charge in [-0.1, -0.05) is 0 Å². The molecule has 2 heterocycles. The molecule has 1 saturated heterocycles. The molecule has 1 N–H and O–H groups in total. The standard InChI is InChI=1S/C15H18N3OS/c1-20-15-8-19-7-14(10-2-3-10)18(15)11-4-5-12-13(6-11)17-9-16-12/h4-6,8-10,14-15H,2-3,7H2,1H3,(H,16,17). The molecule has 1 radical (unpaired) electrons. The number of nitrogens with one attached hydrogen (secondary N) is 1. The molecule has 2 aliphatic rings. The number of anilines is 1. The van der Waals surface area contributed by atoms with E-state index < -0.39 is 0 Å². The van der Waals surface area contributed by atoms with Gasteiger partial charge in [0, 0.05) is 5.69 Å².